The molecule has 72 heavy (non-hydrogen) atoms. The number of rotatable bonds is 33. The fourth-order valence-electron chi connectivity index (χ4n) is 7.65. The van der Waals surface area contributed by atoms with E-state index in [1.165, 1.54) is 6.92 Å². The average Bonchev–Trinajstić information content (AvgIpc) is 3.27. The first-order valence-electron chi connectivity index (χ1n) is 25.2. The summed E-state index contributed by atoms with van der Waals surface area (Å²) in [6.07, 6.45) is 2.35. The highest BCUT2D eigenvalue weighted by Gasteiger charge is 2.36. The van der Waals surface area contributed by atoms with Crippen LogP contribution in [-0.4, -0.2) is 114 Å². The summed E-state index contributed by atoms with van der Waals surface area (Å²) < 4.78 is 0. The number of benzene rings is 1. The van der Waals surface area contributed by atoms with Gasteiger partial charge in [0.1, 0.15) is 48.1 Å². The second-order valence-corrected chi connectivity index (χ2v) is 20.4. The van der Waals surface area contributed by atoms with Crippen LogP contribution in [0.5, 0.6) is 0 Å². The maximum atomic E-state index is 14.3. The molecule has 0 aliphatic heterocycles. The van der Waals surface area contributed by atoms with Crippen molar-refractivity contribution in [2.75, 3.05) is 13.1 Å². The first-order valence-corrected chi connectivity index (χ1v) is 25.2. The highest BCUT2D eigenvalue weighted by molar-refractivity contribution is 5.98. The number of hydrogen-bond donors (Lipinski definition) is 13. The minimum atomic E-state index is -1.25. The molecule has 0 bridgehead atoms. The van der Waals surface area contributed by atoms with Crippen molar-refractivity contribution in [2.45, 2.75) is 176 Å². The number of nitrogens with one attached hydrogen (secondary N) is 9. The zero-order chi connectivity index (χ0) is 54.8. The molecule has 17 N–H and O–H groups in total. The van der Waals surface area contributed by atoms with Gasteiger partial charge >= 0.3 is 0 Å². The van der Waals surface area contributed by atoms with Crippen molar-refractivity contribution < 1.29 is 38.4 Å². The van der Waals surface area contributed by atoms with Gasteiger partial charge < -0.3 is 65.5 Å². The molecule has 1 rings (SSSR count). The molecular weight excluding hydrogens is 925 g/mol. The van der Waals surface area contributed by atoms with Gasteiger partial charge in [-0.05, 0) is 93.1 Å². The number of hydrogen-bond acceptors (Lipinski definition) is 11. The van der Waals surface area contributed by atoms with Gasteiger partial charge in [-0.2, -0.15) is 0 Å². The molecule has 1 aromatic rings. The molecule has 0 heterocycles. The molecule has 0 radical (unpaired) electrons. The van der Waals surface area contributed by atoms with Crippen molar-refractivity contribution in [3.05, 3.63) is 35.4 Å². The normalized spacial score (nSPS) is 14.2. The van der Waals surface area contributed by atoms with Crippen LogP contribution in [0.25, 0.3) is 0 Å². The molecule has 0 aromatic heterocycles. The highest BCUT2D eigenvalue weighted by Crippen LogP contribution is 2.14. The van der Waals surface area contributed by atoms with Crippen molar-refractivity contribution in [1.29, 1.82) is 5.41 Å². The number of guanidine groups is 1. The van der Waals surface area contributed by atoms with Gasteiger partial charge in [-0.1, -0.05) is 93.5 Å². The van der Waals surface area contributed by atoms with Crippen LogP contribution in [0, 0.1) is 35.0 Å². The minimum absolute atomic E-state index is 0.0221. The van der Waals surface area contributed by atoms with E-state index in [1.54, 1.807) is 52.0 Å². The Morgan fingerprint density at radius 2 is 0.903 bits per heavy atom. The highest BCUT2D eigenvalue weighted by atomic mass is 16.2. The molecule has 22 heteroatoms. The number of carbonyl (C=O) groups excluding carboxylic acids is 8. The summed E-state index contributed by atoms with van der Waals surface area (Å²) in [7, 11) is 0. The van der Waals surface area contributed by atoms with Crippen molar-refractivity contribution in [1.82, 2.24) is 42.5 Å². The summed E-state index contributed by atoms with van der Waals surface area (Å²) in [5.41, 5.74) is 23.7. The predicted octanol–water partition coefficient (Wildman–Crippen LogP) is 0.633. The van der Waals surface area contributed by atoms with Crippen LogP contribution in [0.3, 0.4) is 0 Å². The van der Waals surface area contributed by atoms with E-state index in [0.29, 0.717) is 31.4 Å². The van der Waals surface area contributed by atoms with Crippen LogP contribution in [0.15, 0.2) is 29.3 Å². The van der Waals surface area contributed by atoms with E-state index in [4.69, 9.17) is 28.3 Å². The predicted molar refractivity (Wildman–Crippen MR) is 279 cm³/mol. The molecule has 0 saturated carbocycles. The molecule has 0 fully saturated rings. The molecular formula is C50H88N14O8. The number of carbonyl (C=O) groups is 8. The van der Waals surface area contributed by atoms with Crippen LogP contribution in [-0.2, 0) is 44.9 Å². The molecule has 0 spiro atoms. The zero-order valence-corrected chi connectivity index (χ0v) is 44.5. The molecule has 0 aliphatic carbocycles. The monoisotopic (exact) mass is 1010 g/mol. The van der Waals surface area contributed by atoms with Gasteiger partial charge in [-0.15, -0.1) is 0 Å². The number of unbranched alkanes of at least 4 members (excludes halogenated alkanes) is 1. The van der Waals surface area contributed by atoms with E-state index >= 15 is 0 Å². The quantitative estimate of drug-likeness (QED) is 0.0262. The maximum Gasteiger partial charge on any atom is 0.243 e. The topological polar surface area (TPSA) is 373 Å². The van der Waals surface area contributed by atoms with Gasteiger partial charge in [0.2, 0.25) is 47.3 Å². The fourth-order valence-corrected chi connectivity index (χ4v) is 7.65. The first-order chi connectivity index (χ1) is 33.7. The third kappa shape index (κ3) is 24.7. The Balaban J connectivity index is 3.42. The largest absolute Gasteiger partial charge is 0.384 e. The van der Waals surface area contributed by atoms with E-state index < -0.39 is 101 Å². The Hall–Kier alpha value is -6.32. The third-order valence-electron chi connectivity index (χ3n) is 11.5. The summed E-state index contributed by atoms with van der Waals surface area (Å²) in [4.78, 5) is 114. The molecule has 406 valence electrons. The second kappa shape index (κ2) is 32.6. The maximum absolute atomic E-state index is 14.3. The summed E-state index contributed by atoms with van der Waals surface area (Å²) in [5, 5.41) is 29.8. The van der Waals surface area contributed by atoms with Crippen LogP contribution in [0.2, 0.25) is 0 Å². The standard InChI is InChI=1S/C50H88N14O8/c1-27(2)23-37(58-32(11)65)45(68)61-39(25-29(5)6)47(70)64-41(31(9)10)49(72)62-38(24-28(3)4)46(69)59-36(16-14-22-56-50(54)55)44(67)63-40(30(7)8)48(71)60-35(15-12-13-21-51)43(66)57-26-33-17-19-34(20-18-33)42(52)53/h17-20,27-31,35-41H,12-16,21-26,51H2,1-11H3,(H3,52,53)(H,57,66)(H,58,65)(H,59,69)(H,60,71)(H,61,68)(H,62,72)(H,63,67)(H,64,70)(H4,54,55,56)/t35-,36-,37-,38-,39-,40-,41-/m0/s1. The second-order valence-electron chi connectivity index (χ2n) is 20.4. The minimum Gasteiger partial charge on any atom is -0.384 e. The average molecular weight is 1010 g/mol. The summed E-state index contributed by atoms with van der Waals surface area (Å²) >= 11 is 0. The molecule has 1 aromatic carbocycles. The smallest absolute Gasteiger partial charge is 0.243 e. The fraction of sp³-hybridized carbons (Fsp3) is 0.680. The van der Waals surface area contributed by atoms with Gasteiger partial charge in [0.25, 0.3) is 0 Å². The lowest BCUT2D eigenvalue weighted by Gasteiger charge is -2.30. The van der Waals surface area contributed by atoms with E-state index in [2.05, 4.69) is 47.5 Å². The number of amidine groups is 1. The van der Waals surface area contributed by atoms with E-state index in [0.717, 1.165) is 5.56 Å². The Morgan fingerprint density at radius 1 is 0.514 bits per heavy atom. The van der Waals surface area contributed by atoms with Crippen LogP contribution >= 0.6 is 0 Å². The van der Waals surface area contributed by atoms with Crippen LogP contribution in [0.1, 0.15) is 139 Å². The first kappa shape index (κ1) is 63.7. The number of amides is 8. The van der Waals surface area contributed by atoms with Gasteiger partial charge in [0.15, 0.2) is 5.96 Å². The van der Waals surface area contributed by atoms with Crippen LogP contribution in [0.4, 0.5) is 0 Å². The molecule has 8 amide bonds. The Kier molecular flexibility index (Phi) is 28.9. The lowest BCUT2D eigenvalue weighted by molar-refractivity contribution is -0.136. The Morgan fingerprint density at radius 3 is 1.32 bits per heavy atom. The summed E-state index contributed by atoms with van der Waals surface area (Å²) in [6.45, 7) is 20.1. The van der Waals surface area contributed by atoms with Gasteiger partial charge in [-0.3, -0.25) is 48.8 Å². The van der Waals surface area contributed by atoms with Gasteiger partial charge in [0, 0.05) is 25.6 Å². The van der Waals surface area contributed by atoms with E-state index in [1.807, 2.05) is 41.5 Å². The molecule has 7 atom stereocenters. The number of nitrogen functional groups attached to an aromatic ring is 1. The SMILES string of the molecule is CC(=O)N[C@@H](CC(C)C)C(=O)N[C@@H](CC(C)C)C(=O)N[C@H](C(=O)N[C@@H](CC(C)C)C(=O)N[C@@H](CCCN=C(N)N)C(=O)N[C@H](C(=O)N[C@@H](CCCCN)C(=O)NCc1ccc(C(=N)N)cc1)C(C)C)C(C)C. The summed E-state index contributed by atoms with van der Waals surface area (Å²) in [5.74, 6) is -6.08. The van der Waals surface area contributed by atoms with E-state index in [-0.39, 0.29) is 74.7 Å². The van der Waals surface area contributed by atoms with Gasteiger partial charge in [0.05, 0.1) is 0 Å². The number of nitrogens with zero attached hydrogens (tertiary/aromatic N) is 1. The molecule has 0 aliphatic rings. The van der Waals surface area contributed by atoms with Gasteiger partial charge in [-0.25, -0.2) is 0 Å². The Labute approximate surface area is 426 Å². The number of aliphatic imine (C=N–C) groups is 1. The third-order valence-corrected chi connectivity index (χ3v) is 11.5. The zero-order valence-electron chi connectivity index (χ0n) is 44.5. The van der Waals surface area contributed by atoms with Crippen molar-refractivity contribution >= 4 is 59.1 Å². The molecule has 0 saturated heterocycles. The van der Waals surface area contributed by atoms with Crippen LogP contribution < -0.4 is 65.5 Å². The lowest BCUT2D eigenvalue weighted by Crippen LogP contribution is -2.61. The lowest BCUT2D eigenvalue weighted by atomic mass is 9.97. The number of nitrogens with two attached hydrogens (primary N) is 4. The summed E-state index contributed by atoms with van der Waals surface area (Å²) in [6, 6.07) is -0.869. The Bertz CT molecular complexity index is 1970. The molecule has 22 nitrogen and oxygen atoms in total. The molecule has 0 unspecified atom stereocenters. The van der Waals surface area contributed by atoms with Crippen molar-refractivity contribution in [2.24, 2.45) is 57.5 Å². The van der Waals surface area contributed by atoms with Crippen molar-refractivity contribution in [3.63, 3.8) is 0 Å². The van der Waals surface area contributed by atoms with Crippen molar-refractivity contribution in [3.8, 4) is 0 Å². The van der Waals surface area contributed by atoms with E-state index in [9.17, 15) is 38.4 Å².